The number of benzene rings is 1. The number of nitrogens with two attached hydrogens (primary N) is 2. The number of hydrogen-bond donors (Lipinski definition) is 2. The maximum Gasteiger partial charge on any atom is 0.237 e. The smallest absolute Gasteiger partial charge is 0.237 e. The van der Waals surface area contributed by atoms with Crippen molar-refractivity contribution in [2.75, 3.05) is 0 Å². The molecule has 1 aromatic rings. The summed E-state index contributed by atoms with van der Waals surface area (Å²) in [5.41, 5.74) is 10.5. The van der Waals surface area contributed by atoms with E-state index in [0.717, 1.165) is 0 Å². The summed E-state index contributed by atoms with van der Waals surface area (Å²) in [5, 5.41) is 0. The van der Waals surface area contributed by atoms with Crippen molar-refractivity contribution in [3.05, 3.63) is 35.9 Å². The van der Waals surface area contributed by atoms with Crippen molar-refractivity contribution in [3.63, 3.8) is 0 Å². The van der Waals surface area contributed by atoms with Gasteiger partial charge >= 0.3 is 0 Å². The van der Waals surface area contributed by atoms with E-state index < -0.39 is 18.1 Å². The van der Waals surface area contributed by atoms with E-state index in [-0.39, 0.29) is 0 Å². The van der Waals surface area contributed by atoms with Crippen LogP contribution in [0.2, 0.25) is 0 Å². The summed E-state index contributed by atoms with van der Waals surface area (Å²) in [6.07, 6.45) is -1.53. The molecule has 1 rings (SSSR count). The van der Waals surface area contributed by atoms with Gasteiger partial charge in [-0.1, -0.05) is 30.3 Å². The summed E-state index contributed by atoms with van der Waals surface area (Å²) in [7, 11) is 0. The quantitative estimate of drug-likeness (QED) is 0.715. The van der Waals surface area contributed by atoms with Crippen LogP contribution in [0.4, 0.5) is 4.39 Å². The Morgan fingerprint density at radius 1 is 1.31 bits per heavy atom. The predicted octanol–water partition coefficient (Wildman–Crippen LogP) is 0.510. The average Bonchev–Trinajstić information content (AvgIpc) is 2.17. The number of alkyl halides is 1. The molecular weight excluding hydrogens is 171 g/mol. The maximum absolute atomic E-state index is 13.4. The summed E-state index contributed by atoms with van der Waals surface area (Å²) < 4.78 is 13.4. The van der Waals surface area contributed by atoms with Crippen LogP contribution in [-0.2, 0) is 4.79 Å². The Morgan fingerprint density at radius 2 is 1.85 bits per heavy atom. The molecule has 1 aromatic carbocycles. The number of halogens is 1. The van der Waals surface area contributed by atoms with E-state index in [1.54, 1.807) is 30.3 Å². The van der Waals surface area contributed by atoms with E-state index >= 15 is 0 Å². The Kier molecular flexibility index (Phi) is 2.97. The van der Waals surface area contributed by atoms with Gasteiger partial charge in [-0.05, 0) is 5.56 Å². The molecule has 2 atom stereocenters. The van der Waals surface area contributed by atoms with Crippen molar-refractivity contribution in [1.82, 2.24) is 0 Å². The molecule has 4 N–H and O–H groups in total. The highest BCUT2D eigenvalue weighted by Crippen LogP contribution is 2.19. The van der Waals surface area contributed by atoms with Crippen molar-refractivity contribution in [3.8, 4) is 0 Å². The van der Waals surface area contributed by atoms with Crippen LogP contribution in [-0.4, -0.2) is 11.9 Å². The highest BCUT2D eigenvalue weighted by atomic mass is 19.1. The zero-order valence-electron chi connectivity index (χ0n) is 6.98. The van der Waals surface area contributed by atoms with Crippen LogP contribution in [0.3, 0.4) is 0 Å². The Balaban J connectivity index is 2.79. The van der Waals surface area contributed by atoms with Crippen molar-refractivity contribution >= 4 is 5.91 Å². The van der Waals surface area contributed by atoms with Gasteiger partial charge in [-0.2, -0.15) is 0 Å². The van der Waals surface area contributed by atoms with Crippen molar-refractivity contribution in [1.29, 1.82) is 0 Å². The summed E-state index contributed by atoms with van der Waals surface area (Å²) in [6.45, 7) is 0. The molecule has 0 saturated carbocycles. The van der Waals surface area contributed by atoms with Crippen molar-refractivity contribution in [2.45, 2.75) is 12.2 Å². The van der Waals surface area contributed by atoms with Crippen LogP contribution in [0.25, 0.3) is 0 Å². The minimum atomic E-state index is -1.53. The number of carbonyl (C=O) groups is 1. The second-order valence-electron chi connectivity index (χ2n) is 2.74. The lowest BCUT2D eigenvalue weighted by Gasteiger charge is -2.12. The maximum atomic E-state index is 13.4. The standard InChI is InChI=1S/C9H11FN2O/c10-7(8(11)9(12)13)6-4-2-1-3-5-6/h1-5,7-8H,11H2,(H2,12,13)/t7-,8-/m0/s1. The fourth-order valence-electron chi connectivity index (χ4n) is 0.988. The van der Waals surface area contributed by atoms with Gasteiger partial charge in [-0.15, -0.1) is 0 Å². The molecule has 1 amide bonds. The second-order valence-corrected chi connectivity index (χ2v) is 2.74. The van der Waals surface area contributed by atoms with Gasteiger partial charge in [-0.3, -0.25) is 4.79 Å². The van der Waals surface area contributed by atoms with E-state index in [1.807, 2.05) is 0 Å². The minimum Gasteiger partial charge on any atom is -0.368 e. The zero-order chi connectivity index (χ0) is 9.84. The van der Waals surface area contributed by atoms with Gasteiger partial charge < -0.3 is 11.5 Å². The largest absolute Gasteiger partial charge is 0.368 e. The first kappa shape index (κ1) is 9.67. The number of hydrogen-bond acceptors (Lipinski definition) is 2. The molecule has 0 heterocycles. The van der Waals surface area contributed by atoms with Crippen LogP contribution in [0.1, 0.15) is 11.7 Å². The van der Waals surface area contributed by atoms with Gasteiger partial charge in [0.2, 0.25) is 5.91 Å². The molecule has 0 spiro atoms. The Morgan fingerprint density at radius 3 is 2.31 bits per heavy atom. The molecule has 0 aromatic heterocycles. The molecule has 13 heavy (non-hydrogen) atoms. The number of carbonyl (C=O) groups excluding carboxylic acids is 1. The highest BCUT2D eigenvalue weighted by Gasteiger charge is 2.23. The molecule has 0 radical (unpaired) electrons. The lowest BCUT2D eigenvalue weighted by Crippen LogP contribution is -2.39. The minimum absolute atomic E-state index is 0.369. The molecule has 0 aliphatic carbocycles. The van der Waals surface area contributed by atoms with Gasteiger partial charge in [-0.25, -0.2) is 4.39 Å². The predicted molar refractivity (Wildman–Crippen MR) is 47.5 cm³/mol. The molecule has 0 saturated heterocycles. The molecule has 0 fully saturated rings. The molecular formula is C9H11FN2O. The third-order valence-electron chi connectivity index (χ3n) is 1.76. The lowest BCUT2D eigenvalue weighted by atomic mass is 10.0. The van der Waals surface area contributed by atoms with Crippen LogP contribution in [0, 0.1) is 0 Å². The lowest BCUT2D eigenvalue weighted by molar-refractivity contribution is -0.120. The van der Waals surface area contributed by atoms with Crippen molar-refractivity contribution in [2.24, 2.45) is 11.5 Å². The van der Waals surface area contributed by atoms with Crippen LogP contribution < -0.4 is 11.5 Å². The van der Waals surface area contributed by atoms with Crippen LogP contribution in [0.5, 0.6) is 0 Å². The van der Waals surface area contributed by atoms with Gasteiger partial charge in [0.05, 0.1) is 0 Å². The fourth-order valence-corrected chi connectivity index (χ4v) is 0.988. The summed E-state index contributed by atoms with van der Waals surface area (Å²) in [6, 6.07) is 6.96. The average molecular weight is 182 g/mol. The van der Waals surface area contributed by atoms with Crippen LogP contribution in [0.15, 0.2) is 30.3 Å². The SMILES string of the molecule is NC(=O)[C@@H](N)[C@@H](F)c1ccccc1. The van der Waals surface area contributed by atoms with Gasteiger partial charge in [0.1, 0.15) is 12.2 Å². The third kappa shape index (κ3) is 2.26. The van der Waals surface area contributed by atoms with E-state index in [9.17, 15) is 9.18 Å². The van der Waals surface area contributed by atoms with Gasteiger partial charge in [0, 0.05) is 0 Å². The molecule has 4 heteroatoms. The number of primary amides is 1. The first-order chi connectivity index (χ1) is 6.13. The first-order valence-electron chi connectivity index (χ1n) is 3.87. The molecule has 0 aliphatic rings. The zero-order valence-corrected chi connectivity index (χ0v) is 6.98. The topological polar surface area (TPSA) is 69.1 Å². The van der Waals surface area contributed by atoms with E-state index in [4.69, 9.17) is 11.5 Å². The normalized spacial score (nSPS) is 14.9. The molecule has 0 unspecified atom stereocenters. The number of rotatable bonds is 3. The van der Waals surface area contributed by atoms with Gasteiger partial charge in [0.25, 0.3) is 0 Å². The van der Waals surface area contributed by atoms with E-state index in [2.05, 4.69) is 0 Å². The summed E-state index contributed by atoms with van der Waals surface area (Å²) >= 11 is 0. The van der Waals surface area contributed by atoms with E-state index in [1.165, 1.54) is 0 Å². The monoisotopic (exact) mass is 182 g/mol. The van der Waals surface area contributed by atoms with Crippen LogP contribution >= 0.6 is 0 Å². The molecule has 0 bridgehead atoms. The fraction of sp³-hybridized carbons (Fsp3) is 0.222. The Hall–Kier alpha value is -1.42. The third-order valence-corrected chi connectivity index (χ3v) is 1.76. The Labute approximate surface area is 75.5 Å². The van der Waals surface area contributed by atoms with Gasteiger partial charge in [0.15, 0.2) is 0 Å². The molecule has 3 nitrogen and oxygen atoms in total. The summed E-state index contributed by atoms with van der Waals surface area (Å²) in [4.78, 5) is 10.6. The first-order valence-corrected chi connectivity index (χ1v) is 3.87. The second kappa shape index (κ2) is 4.00. The molecule has 70 valence electrons. The highest BCUT2D eigenvalue weighted by molar-refractivity contribution is 5.80. The Bertz CT molecular complexity index is 289. The molecule has 0 aliphatic heterocycles. The van der Waals surface area contributed by atoms with E-state index in [0.29, 0.717) is 5.56 Å². The van der Waals surface area contributed by atoms with Crippen molar-refractivity contribution < 1.29 is 9.18 Å². The summed E-state index contributed by atoms with van der Waals surface area (Å²) in [5.74, 6) is -0.837. The number of amides is 1.